The minimum atomic E-state index is -0.0358. The Morgan fingerprint density at radius 1 is 1.33 bits per heavy atom. The fourth-order valence-electron chi connectivity index (χ4n) is 1.46. The van der Waals surface area contributed by atoms with Crippen LogP contribution in [0.4, 0.5) is 5.69 Å². The number of Topliss-reactive ketones (excluding diaryl/α,β-unsaturated/α-hetero) is 1. The lowest BCUT2D eigenvalue weighted by molar-refractivity contribution is -0.110. The molecule has 0 saturated heterocycles. The van der Waals surface area contributed by atoms with Crippen molar-refractivity contribution in [3.05, 3.63) is 41.4 Å². The zero-order valence-electron chi connectivity index (χ0n) is 10.1. The Bertz CT molecular complexity index is 549. The highest BCUT2D eigenvalue weighted by molar-refractivity contribution is 8.19. The molecule has 0 aliphatic carbocycles. The van der Waals surface area contributed by atoms with E-state index < -0.39 is 0 Å². The van der Waals surface area contributed by atoms with Gasteiger partial charge in [0, 0.05) is 11.8 Å². The highest BCUT2D eigenvalue weighted by Crippen LogP contribution is 2.34. The Balaban J connectivity index is 2.40. The molecule has 0 fully saturated rings. The lowest BCUT2D eigenvalue weighted by Gasteiger charge is -2.14. The van der Waals surface area contributed by atoms with Crippen molar-refractivity contribution >= 4 is 45.4 Å². The van der Waals surface area contributed by atoms with Gasteiger partial charge in [0.2, 0.25) is 0 Å². The minimum Gasteiger partial charge on any atom is -0.292 e. The van der Waals surface area contributed by atoms with E-state index in [1.54, 1.807) is 5.01 Å². The fourth-order valence-corrected chi connectivity index (χ4v) is 2.58. The van der Waals surface area contributed by atoms with Gasteiger partial charge in [-0.25, -0.2) is 5.01 Å². The van der Waals surface area contributed by atoms with Gasteiger partial charge in [-0.3, -0.25) is 4.79 Å². The van der Waals surface area contributed by atoms with Crippen LogP contribution in [0.15, 0.2) is 46.5 Å². The second-order valence-corrected chi connectivity index (χ2v) is 5.46. The molecule has 0 radical (unpaired) electrons. The van der Waals surface area contributed by atoms with Gasteiger partial charge in [-0.15, -0.1) is 0 Å². The molecule has 3 nitrogen and oxygen atoms in total. The van der Waals surface area contributed by atoms with Crippen LogP contribution in [0.3, 0.4) is 0 Å². The van der Waals surface area contributed by atoms with Gasteiger partial charge in [0.1, 0.15) is 5.03 Å². The molecule has 0 amide bonds. The quantitative estimate of drug-likeness (QED) is 0.482. The summed E-state index contributed by atoms with van der Waals surface area (Å²) in [5.41, 5.74) is 0.920. The molecule has 0 N–H and O–H groups in total. The second kappa shape index (κ2) is 5.46. The number of benzene rings is 1. The van der Waals surface area contributed by atoms with Gasteiger partial charge in [0.25, 0.3) is 0 Å². The molecule has 92 valence electrons. The summed E-state index contributed by atoms with van der Waals surface area (Å²) in [6, 6.07) is 9.70. The average molecular weight is 277 g/mol. The Morgan fingerprint density at radius 2 is 2.00 bits per heavy atom. The summed E-state index contributed by atoms with van der Waals surface area (Å²) in [5.74, 6) is -0.0358. The number of hydrogen-bond acceptors (Lipinski definition) is 5. The highest BCUT2D eigenvalue weighted by atomic mass is 32.2. The third kappa shape index (κ3) is 2.86. The van der Waals surface area contributed by atoms with Crippen LogP contribution in [0, 0.1) is 0 Å². The van der Waals surface area contributed by atoms with E-state index in [2.05, 4.69) is 5.10 Å². The lowest BCUT2D eigenvalue weighted by atomic mass is 10.3. The van der Waals surface area contributed by atoms with E-state index in [1.807, 2.05) is 43.3 Å². The number of allylic oxidation sites excluding steroid dienone is 1. The summed E-state index contributed by atoms with van der Waals surface area (Å²) in [4.78, 5) is 12.2. The molecule has 0 unspecified atom stereocenters. The van der Waals surface area contributed by atoms with E-state index >= 15 is 0 Å². The van der Waals surface area contributed by atoms with Crippen molar-refractivity contribution in [3.8, 4) is 0 Å². The van der Waals surface area contributed by atoms with Crippen molar-refractivity contribution in [2.45, 2.75) is 13.8 Å². The predicted molar refractivity (Wildman–Crippen MR) is 81.0 cm³/mol. The summed E-state index contributed by atoms with van der Waals surface area (Å²) in [5, 5.41) is 7.42. The van der Waals surface area contributed by atoms with E-state index in [-0.39, 0.29) is 5.78 Å². The molecule has 0 atom stereocenters. The Labute approximate surface area is 116 Å². The molecule has 1 heterocycles. The summed E-state index contributed by atoms with van der Waals surface area (Å²) >= 11 is 6.44. The topological polar surface area (TPSA) is 32.7 Å². The molecule has 0 bridgehead atoms. The van der Waals surface area contributed by atoms with E-state index in [4.69, 9.17) is 12.2 Å². The molecule has 1 aromatic carbocycles. The number of para-hydroxylation sites is 1. The molecule has 0 spiro atoms. The molecular formula is C13H12N2OS2. The van der Waals surface area contributed by atoms with Crippen LogP contribution in [0.1, 0.15) is 13.8 Å². The Morgan fingerprint density at radius 3 is 2.56 bits per heavy atom. The molecule has 2 rings (SSSR count). The van der Waals surface area contributed by atoms with Crippen LogP contribution in [0.25, 0.3) is 0 Å². The Hall–Kier alpha value is -1.46. The molecule has 0 saturated carbocycles. The van der Waals surface area contributed by atoms with Crippen molar-refractivity contribution < 1.29 is 4.79 Å². The first-order chi connectivity index (χ1) is 8.58. The number of ketones is 1. The van der Waals surface area contributed by atoms with E-state index in [1.165, 1.54) is 18.7 Å². The van der Waals surface area contributed by atoms with Crippen molar-refractivity contribution in [2.75, 3.05) is 5.01 Å². The second-order valence-electron chi connectivity index (χ2n) is 3.80. The van der Waals surface area contributed by atoms with E-state index in [0.717, 1.165) is 15.6 Å². The fraction of sp³-hybridized carbons (Fsp3) is 0.154. The van der Waals surface area contributed by atoms with Gasteiger partial charge in [-0.1, -0.05) is 30.4 Å². The summed E-state index contributed by atoms with van der Waals surface area (Å²) < 4.78 is 0. The zero-order valence-corrected chi connectivity index (χ0v) is 11.7. The largest absolute Gasteiger partial charge is 0.292 e. The molecule has 18 heavy (non-hydrogen) atoms. The maximum atomic E-state index is 11.4. The molecular weight excluding hydrogens is 265 g/mol. The van der Waals surface area contributed by atoms with Gasteiger partial charge in [-0.05, 0) is 36.9 Å². The number of carbonyl (C=O) groups excluding carboxylic acids is 1. The van der Waals surface area contributed by atoms with Crippen molar-refractivity contribution in [1.82, 2.24) is 0 Å². The molecule has 1 aliphatic heterocycles. The van der Waals surface area contributed by atoms with Crippen LogP contribution in [0.2, 0.25) is 0 Å². The lowest BCUT2D eigenvalue weighted by Crippen LogP contribution is -2.10. The third-order valence-electron chi connectivity index (χ3n) is 2.23. The number of anilines is 1. The Kier molecular flexibility index (Phi) is 3.93. The van der Waals surface area contributed by atoms with Crippen molar-refractivity contribution in [3.63, 3.8) is 0 Å². The van der Waals surface area contributed by atoms with Gasteiger partial charge in [0.15, 0.2) is 10.8 Å². The number of hydrazone groups is 1. The van der Waals surface area contributed by atoms with Gasteiger partial charge in [0.05, 0.1) is 5.69 Å². The first-order valence-electron chi connectivity index (χ1n) is 5.43. The number of carbonyl (C=O) groups is 1. The molecule has 1 aliphatic rings. The third-order valence-corrected chi connectivity index (χ3v) is 3.41. The number of thioether (sulfide) groups is 1. The van der Waals surface area contributed by atoms with Gasteiger partial charge >= 0.3 is 0 Å². The maximum absolute atomic E-state index is 11.4. The first kappa shape index (κ1) is 13.0. The number of rotatable bonds is 3. The number of nitrogens with zero attached hydrogens (tertiary/aromatic N) is 2. The van der Waals surface area contributed by atoms with Gasteiger partial charge in [-0.2, -0.15) is 5.10 Å². The van der Waals surface area contributed by atoms with Crippen LogP contribution >= 0.6 is 24.0 Å². The average Bonchev–Trinajstić information content (AvgIpc) is 2.73. The summed E-state index contributed by atoms with van der Waals surface area (Å²) in [6.45, 7) is 3.36. The monoisotopic (exact) mass is 277 g/mol. The van der Waals surface area contributed by atoms with Crippen LogP contribution < -0.4 is 5.01 Å². The normalized spacial score (nSPS) is 16.9. The molecule has 1 aromatic rings. The van der Waals surface area contributed by atoms with Crippen LogP contribution in [0.5, 0.6) is 0 Å². The number of hydrogen-bond donors (Lipinski definition) is 0. The maximum Gasteiger partial charge on any atom is 0.186 e. The summed E-state index contributed by atoms with van der Waals surface area (Å²) in [6.07, 6.45) is 1.85. The first-order valence-corrected chi connectivity index (χ1v) is 6.65. The standard InChI is InChI=1S/C13H12N2OS2/c1-9(17)8-12-15(11-6-4-3-5-7-11)14-13(18-12)10(2)16/h3-8H,1-2H3/b12-8-/i2+1. The van der Waals surface area contributed by atoms with Crippen molar-refractivity contribution in [2.24, 2.45) is 5.10 Å². The molecule has 0 aromatic heterocycles. The molecule has 5 heteroatoms. The highest BCUT2D eigenvalue weighted by Gasteiger charge is 2.25. The minimum absolute atomic E-state index is 0.0358. The van der Waals surface area contributed by atoms with Gasteiger partial charge < -0.3 is 0 Å². The zero-order chi connectivity index (χ0) is 13.1. The van der Waals surface area contributed by atoms with E-state index in [9.17, 15) is 4.79 Å². The summed E-state index contributed by atoms with van der Waals surface area (Å²) in [7, 11) is 0. The smallest absolute Gasteiger partial charge is 0.186 e. The van der Waals surface area contributed by atoms with Crippen LogP contribution in [-0.4, -0.2) is 15.7 Å². The SMILES string of the molecule is CC(=S)/C=C1\SC(C([13CH3])=O)=NN1c1ccccc1. The van der Waals surface area contributed by atoms with Crippen LogP contribution in [-0.2, 0) is 4.79 Å². The van der Waals surface area contributed by atoms with E-state index in [0.29, 0.717) is 5.04 Å². The number of thiocarbonyl (C=S) groups is 1. The van der Waals surface area contributed by atoms with Crippen molar-refractivity contribution in [1.29, 1.82) is 0 Å². The predicted octanol–water partition coefficient (Wildman–Crippen LogP) is 3.37.